The van der Waals surface area contributed by atoms with Crippen molar-refractivity contribution < 1.29 is 13.6 Å². The van der Waals surface area contributed by atoms with Crippen LogP contribution in [0.4, 0.5) is 8.78 Å². The van der Waals surface area contributed by atoms with Gasteiger partial charge in [0.1, 0.15) is 11.6 Å². The Morgan fingerprint density at radius 1 is 1.14 bits per heavy atom. The van der Waals surface area contributed by atoms with Crippen molar-refractivity contribution in [1.82, 2.24) is 9.88 Å². The molecule has 3 rings (SSSR count). The van der Waals surface area contributed by atoms with E-state index in [0.717, 1.165) is 31.0 Å². The van der Waals surface area contributed by atoms with E-state index in [-0.39, 0.29) is 11.5 Å². The average Bonchev–Trinajstić information content (AvgIpc) is 2.54. The van der Waals surface area contributed by atoms with Crippen molar-refractivity contribution in [1.29, 1.82) is 0 Å². The first-order valence-corrected chi connectivity index (χ1v) is 7.29. The zero-order valence-corrected chi connectivity index (χ0v) is 12.0. The highest BCUT2D eigenvalue weighted by atomic mass is 19.1. The van der Waals surface area contributed by atoms with Crippen LogP contribution in [0.5, 0.6) is 0 Å². The van der Waals surface area contributed by atoms with Gasteiger partial charge in [-0.25, -0.2) is 8.78 Å². The summed E-state index contributed by atoms with van der Waals surface area (Å²) in [4.78, 5) is 18.1. The monoisotopic (exact) mass is 302 g/mol. The third kappa shape index (κ3) is 3.13. The molecule has 0 bridgehead atoms. The zero-order chi connectivity index (χ0) is 15.5. The first-order chi connectivity index (χ1) is 10.6. The van der Waals surface area contributed by atoms with Gasteiger partial charge in [0.05, 0.1) is 0 Å². The number of pyridine rings is 1. The van der Waals surface area contributed by atoms with E-state index in [2.05, 4.69) is 4.98 Å². The number of likely N-dealkylation sites (tertiary alicyclic amines) is 1. The number of nitrogens with zero attached hydrogens (tertiary/aromatic N) is 2. The van der Waals surface area contributed by atoms with Gasteiger partial charge in [-0.2, -0.15) is 0 Å². The van der Waals surface area contributed by atoms with Crippen molar-refractivity contribution in [2.24, 2.45) is 0 Å². The van der Waals surface area contributed by atoms with Gasteiger partial charge in [-0.3, -0.25) is 9.78 Å². The Kier molecular flexibility index (Phi) is 4.13. The summed E-state index contributed by atoms with van der Waals surface area (Å²) in [5.74, 6) is -1.40. The highest BCUT2D eigenvalue weighted by Gasteiger charge is 2.25. The lowest BCUT2D eigenvalue weighted by molar-refractivity contribution is 0.0712. The maximum absolute atomic E-state index is 13.2. The van der Waals surface area contributed by atoms with Crippen LogP contribution < -0.4 is 0 Å². The van der Waals surface area contributed by atoms with Crippen LogP contribution in [0.15, 0.2) is 42.7 Å². The SMILES string of the molecule is O=C(c1cc(F)cc(F)c1)N1CCC(c2cccnc2)CC1. The van der Waals surface area contributed by atoms with E-state index >= 15 is 0 Å². The molecule has 0 radical (unpaired) electrons. The summed E-state index contributed by atoms with van der Waals surface area (Å²) in [5, 5.41) is 0. The first-order valence-electron chi connectivity index (χ1n) is 7.29. The highest BCUT2D eigenvalue weighted by molar-refractivity contribution is 5.94. The minimum atomic E-state index is -0.728. The van der Waals surface area contributed by atoms with E-state index in [4.69, 9.17) is 0 Å². The van der Waals surface area contributed by atoms with Crippen LogP contribution in [-0.2, 0) is 0 Å². The van der Waals surface area contributed by atoms with Crippen LogP contribution in [0.3, 0.4) is 0 Å². The minimum absolute atomic E-state index is 0.0670. The molecular formula is C17H16F2N2O. The molecule has 22 heavy (non-hydrogen) atoms. The molecular weight excluding hydrogens is 286 g/mol. The largest absolute Gasteiger partial charge is 0.339 e. The quantitative estimate of drug-likeness (QED) is 0.852. The van der Waals surface area contributed by atoms with Gasteiger partial charge in [0, 0.05) is 37.1 Å². The van der Waals surface area contributed by atoms with Crippen molar-refractivity contribution in [3.05, 3.63) is 65.5 Å². The topological polar surface area (TPSA) is 33.2 Å². The van der Waals surface area contributed by atoms with E-state index in [0.29, 0.717) is 19.0 Å². The second kappa shape index (κ2) is 6.22. The Morgan fingerprint density at radius 2 is 1.82 bits per heavy atom. The van der Waals surface area contributed by atoms with Crippen molar-refractivity contribution >= 4 is 5.91 Å². The summed E-state index contributed by atoms with van der Waals surface area (Å²) < 4.78 is 26.4. The number of rotatable bonds is 2. The zero-order valence-electron chi connectivity index (χ0n) is 12.0. The lowest BCUT2D eigenvalue weighted by Gasteiger charge is -2.32. The Hall–Kier alpha value is -2.30. The van der Waals surface area contributed by atoms with Crippen LogP contribution in [0.25, 0.3) is 0 Å². The second-order valence-electron chi connectivity index (χ2n) is 5.51. The maximum atomic E-state index is 13.2. The fourth-order valence-corrected chi connectivity index (χ4v) is 2.89. The smallest absolute Gasteiger partial charge is 0.254 e. The minimum Gasteiger partial charge on any atom is -0.339 e. The normalized spacial score (nSPS) is 15.8. The molecule has 1 amide bonds. The van der Waals surface area contributed by atoms with E-state index in [1.54, 1.807) is 11.1 Å². The maximum Gasteiger partial charge on any atom is 0.254 e. The Bertz CT molecular complexity index is 647. The molecule has 2 aromatic rings. The predicted octanol–water partition coefficient (Wildman–Crippen LogP) is 3.38. The number of carbonyl (C=O) groups excluding carboxylic acids is 1. The molecule has 0 aliphatic carbocycles. The van der Waals surface area contributed by atoms with Crippen LogP contribution in [0.2, 0.25) is 0 Å². The Labute approximate surface area is 127 Å². The molecule has 1 aliphatic heterocycles. The predicted molar refractivity (Wildman–Crippen MR) is 78.5 cm³/mol. The molecule has 5 heteroatoms. The third-order valence-corrected chi connectivity index (χ3v) is 4.05. The molecule has 0 atom stereocenters. The molecule has 114 valence electrons. The highest BCUT2D eigenvalue weighted by Crippen LogP contribution is 2.28. The van der Waals surface area contributed by atoms with Crippen molar-refractivity contribution in [2.45, 2.75) is 18.8 Å². The van der Waals surface area contributed by atoms with Crippen molar-refractivity contribution in [2.75, 3.05) is 13.1 Å². The molecule has 0 spiro atoms. The van der Waals surface area contributed by atoms with Crippen molar-refractivity contribution in [3.63, 3.8) is 0 Å². The second-order valence-corrected chi connectivity index (χ2v) is 5.51. The molecule has 3 nitrogen and oxygen atoms in total. The van der Waals surface area contributed by atoms with Crippen LogP contribution in [0, 0.1) is 11.6 Å². The summed E-state index contributed by atoms with van der Waals surface area (Å²) in [6, 6.07) is 6.88. The van der Waals surface area contributed by atoms with Gasteiger partial charge < -0.3 is 4.90 Å². The van der Waals surface area contributed by atoms with E-state index < -0.39 is 11.6 Å². The molecule has 0 saturated carbocycles. The summed E-state index contributed by atoms with van der Waals surface area (Å²) in [6.07, 6.45) is 5.25. The number of halogens is 2. The lowest BCUT2D eigenvalue weighted by atomic mass is 9.90. The van der Waals surface area contributed by atoms with Gasteiger partial charge >= 0.3 is 0 Å². The van der Waals surface area contributed by atoms with E-state index in [1.807, 2.05) is 18.3 Å². The van der Waals surface area contributed by atoms with Crippen molar-refractivity contribution in [3.8, 4) is 0 Å². The number of piperidine rings is 1. The standard InChI is InChI=1S/C17H16F2N2O/c18-15-8-14(9-16(19)10-15)17(22)21-6-3-12(4-7-21)13-2-1-5-20-11-13/h1-2,5,8-12H,3-4,6-7H2. The van der Waals surface area contributed by atoms with Gasteiger partial charge in [-0.05, 0) is 42.5 Å². The van der Waals surface area contributed by atoms with E-state index in [9.17, 15) is 13.6 Å². The number of benzene rings is 1. The molecule has 0 N–H and O–H groups in total. The summed E-state index contributed by atoms with van der Waals surface area (Å²) in [5.41, 5.74) is 1.24. The van der Waals surface area contributed by atoms with Gasteiger partial charge in [0.2, 0.25) is 0 Å². The van der Waals surface area contributed by atoms with Crippen LogP contribution in [0.1, 0.15) is 34.7 Å². The number of hydrogen-bond donors (Lipinski definition) is 0. The molecule has 1 aliphatic rings. The molecule has 0 unspecified atom stereocenters. The van der Waals surface area contributed by atoms with Gasteiger partial charge in [-0.1, -0.05) is 6.07 Å². The molecule has 1 aromatic heterocycles. The molecule has 1 fully saturated rings. The fourth-order valence-electron chi connectivity index (χ4n) is 2.89. The summed E-state index contributed by atoms with van der Waals surface area (Å²) in [6.45, 7) is 1.16. The van der Waals surface area contributed by atoms with Gasteiger partial charge in [-0.15, -0.1) is 0 Å². The number of carbonyl (C=O) groups is 1. The third-order valence-electron chi connectivity index (χ3n) is 4.05. The van der Waals surface area contributed by atoms with E-state index in [1.165, 1.54) is 5.56 Å². The Morgan fingerprint density at radius 3 is 2.41 bits per heavy atom. The first kappa shape index (κ1) is 14.6. The van der Waals surface area contributed by atoms with Crippen LogP contribution in [-0.4, -0.2) is 28.9 Å². The molecule has 1 saturated heterocycles. The fraction of sp³-hybridized carbons (Fsp3) is 0.294. The van der Waals surface area contributed by atoms with Gasteiger partial charge in [0.15, 0.2) is 0 Å². The van der Waals surface area contributed by atoms with Gasteiger partial charge in [0.25, 0.3) is 5.91 Å². The average molecular weight is 302 g/mol. The molecule has 1 aromatic carbocycles. The van der Waals surface area contributed by atoms with Crippen LogP contribution >= 0.6 is 0 Å². The lowest BCUT2D eigenvalue weighted by Crippen LogP contribution is -2.38. The number of amides is 1. The Balaban J connectivity index is 1.67. The molecule has 2 heterocycles. The summed E-state index contributed by atoms with van der Waals surface area (Å²) in [7, 11) is 0. The number of hydrogen-bond acceptors (Lipinski definition) is 2. The summed E-state index contributed by atoms with van der Waals surface area (Å²) >= 11 is 0. The number of aromatic nitrogens is 1.